The van der Waals surface area contributed by atoms with Crippen LogP contribution in [-0.4, -0.2) is 59.9 Å². The first-order valence-electron chi connectivity index (χ1n) is 7.85. The molecular formula is C16H22N4O2S. The first-order chi connectivity index (χ1) is 11.1. The van der Waals surface area contributed by atoms with Crippen LogP contribution in [-0.2, 0) is 4.74 Å². The Morgan fingerprint density at radius 3 is 2.96 bits per heavy atom. The molecule has 0 spiro atoms. The maximum absolute atomic E-state index is 12.3. The van der Waals surface area contributed by atoms with E-state index in [0.717, 1.165) is 43.4 Å². The van der Waals surface area contributed by atoms with Crippen LogP contribution >= 0.6 is 11.3 Å². The van der Waals surface area contributed by atoms with Crippen LogP contribution in [0.3, 0.4) is 0 Å². The van der Waals surface area contributed by atoms with Gasteiger partial charge in [0, 0.05) is 30.6 Å². The van der Waals surface area contributed by atoms with E-state index in [4.69, 9.17) is 4.74 Å². The minimum Gasteiger partial charge on any atom is -0.379 e. The van der Waals surface area contributed by atoms with E-state index in [2.05, 4.69) is 33.4 Å². The number of carbonyl (C=O) groups excluding carboxylic acids is 1. The molecule has 3 rings (SSSR count). The third-order valence-corrected chi connectivity index (χ3v) is 4.86. The zero-order valence-electron chi connectivity index (χ0n) is 13.5. The Hall–Kier alpha value is -1.70. The number of aryl methyl sites for hydroxylation is 1. The highest BCUT2D eigenvalue weighted by Crippen LogP contribution is 2.26. The van der Waals surface area contributed by atoms with Crippen molar-refractivity contribution in [1.82, 2.24) is 20.4 Å². The largest absolute Gasteiger partial charge is 0.379 e. The van der Waals surface area contributed by atoms with Crippen LogP contribution in [0, 0.1) is 6.92 Å². The summed E-state index contributed by atoms with van der Waals surface area (Å²) >= 11 is 1.68. The van der Waals surface area contributed by atoms with Crippen LogP contribution in [0.5, 0.6) is 0 Å². The quantitative estimate of drug-likeness (QED) is 0.876. The van der Waals surface area contributed by atoms with Gasteiger partial charge in [-0.1, -0.05) is 0 Å². The van der Waals surface area contributed by atoms with Gasteiger partial charge in [0.2, 0.25) is 0 Å². The molecule has 2 aromatic heterocycles. The maximum atomic E-state index is 12.3. The number of nitrogens with zero attached hydrogens (tertiary/aromatic N) is 2. The summed E-state index contributed by atoms with van der Waals surface area (Å²) in [5, 5.41) is 10.1. The summed E-state index contributed by atoms with van der Waals surface area (Å²) in [5.74, 6) is -0.137. The van der Waals surface area contributed by atoms with Gasteiger partial charge in [0.15, 0.2) is 5.69 Å². The second-order valence-electron chi connectivity index (χ2n) is 5.86. The Morgan fingerprint density at radius 1 is 1.48 bits per heavy atom. The highest BCUT2D eigenvalue weighted by Gasteiger charge is 2.18. The molecule has 124 valence electrons. The van der Waals surface area contributed by atoms with Crippen LogP contribution < -0.4 is 5.32 Å². The first kappa shape index (κ1) is 16.2. The van der Waals surface area contributed by atoms with Crippen molar-refractivity contribution < 1.29 is 9.53 Å². The molecule has 1 fully saturated rings. The van der Waals surface area contributed by atoms with Gasteiger partial charge in [-0.15, -0.1) is 11.3 Å². The molecule has 0 saturated carbocycles. The number of thiophene rings is 1. The monoisotopic (exact) mass is 334 g/mol. The molecule has 0 aliphatic carbocycles. The molecule has 0 bridgehead atoms. The highest BCUT2D eigenvalue weighted by molar-refractivity contribution is 7.15. The second-order valence-corrected chi connectivity index (χ2v) is 7.15. The van der Waals surface area contributed by atoms with Crippen molar-refractivity contribution in [2.75, 3.05) is 32.8 Å². The zero-order chi connectivity index (χ0) is 16.2. The molecule has 6 nitrogen and oxygen atoms in total. The summed E-state index contributed by atoms with van der Waals surface area (Å²) in [6.07, 6.45) is 0. The number of nitrogens with one attached hydrogen (secondary N) is 2. The topological polar surface area (TPSA) is 70.2 Å². The Morgan fingerprint density at radius 2 is 2.26 bits per heavy atom. The summed E-state index contributed by atoms with van der Waals surface area (Å²) in [7, 11) is 0. The summed E-state index contributed by atoms with van der Waals surface area (Å²) in [6, 6.07) is 5.98. The first-order valence-corrected chi connectivity index (χ1v) is 8.66. The van der Waals surface area contributed by atoms with Crippen LogP contribution in [0.2, 0.25) is 0 Å². The summed E-state index contributed by atoms with van der Waals surface area (Å²) < 4.78 is 5.34. The molecule has 2 aromatic rings. The van der Waals surface area contributed by atoms with Gasteiger partial charge in [0.25, 0.3) is 5.91 Å². The molecule has 0 radical (unpaired) electrons. The second kappa shape index (κ2) is 7.25. The molecule has 1 atom stereocenters. The van der Waals surface area contributed by atoms with Crippen molar-refractivity contribution in [1.29, 1.82) is 0 Å². The Bertz CT molecular complexity index is 661. The number of carbonyl (C=O) groups is 1. The van der Waals surface area contributed by atoms with Crippen molar-refractivity contribution in [3.63, 3.8) is 0 Å². The number of morpholine rings is 1. The maximum Gasteiger partial charge on any atom is 0.272 e. The van der Waals surface area contributed by atoms with Crippen LogP contribution in [0.4, 0.5) is 0 Å². The van der Waals surface area contributed by atoms with E-state index >= 15 is 0 Å². The third-order valence-electron chi connectivity index (χ3n) is 3.83. The number of amides is 1. The van der Waals surface area contributed by atoms with Gasteiger partial charge in [0.1, 0.15) is 0 Å². The fourth-order valence-electron chi connectivity index (χ4n) is 2.66. The van der Waals surface area contributed by atoms with Crippen molar-refractivity contribution in [2.24, 2.45) is 0 Å². The predicted molar refractivity (Wildman–Crippen MR) is 90.8 cm³/mol. The molecule has 7 heteroatoms. The molecule has 2 N–H and O–H groups in total. The van der Waals surface area contributed by atoms with Crippen LogP contribution in [0.1, 0.15) is 22.3 Å². The van der Waals surface area contributed by atoms with Crippen molar-refractivity contribution >= 4 is 17.2 Å². The average molecular weight is 334 g/mol. The number of rotatable bonds is 5. The molecule has 23 heavy (non-hydrogen) atoms. The predicted octanol–water partition coefficient (Wildman–Crippen LogP) is 1.90. The standard InChI is InChI=1S/C16H22N4O2S/c1-11(10-20-5-7-22-8-6-20)17-16(21)14-9-13(18-19-14)15-4-3-12(2)23-15/h3-4,9,11H,5-8,10H2,1-2H3,(H,17,21)(H,18,19). The SMILES string of the molecule is Cc1ccc(-c2cc(C(=O)NC(C)CN3CCOCC3)n[nH]2)s1. The van der Waals surface area contributed by atoms with E-state index in [1.807, 2.05) is 19.1 Å². The molecule has 3 heterocycles. The molecule has 0 aromatic carbocycles. The Labute approximate surface area is 139 Å². The van der Waals surface area contributed by atoms with E-state index in [1.54, 1.807) is 11.3 Å². The minimum absolute atomic E-state index is 0.0738. The Kier molecular flexibility index (Phi) is 5.09. The van der Waals surface area contributed by atoms with Crippen LogP contribution in [0.15, 0.2) is 18.2 Å². The van der Waals surface area contributed by atoms with Gasteiger partial charge in [-0.05, 0) is 32.0 Å². The summed E-state index contributed by atoms with van der Waals surface area (Å²) in [4.78, 5) is 16.9. The smallest absolute Gasteiger partial charge is 0.272 e. The van der Waals surface area contributed by atoms with E-state index in [1.165, 1.54) is 4.88 Å². The zero-order valence-corrected chi connectivity index (χ0v) is 14.3. The number of hydrogen-bond donors (Lipinski definition) is 2. The number of aromatic nitrogens is 2. The van der Waals surface area contributed by atoms with Gasteiger partial charge in [-0.3, -0.25) is 14.8 Å². The molecule has 1 saturated heterocycles. The van der Waals surface area contributed by atoms with E-state index < -0.39 is 0 Å². The minimum atomic E-state index is -0.137. The van der Waals surface area contributed by atoms with Gasteiger partial charge in [-0.25, -0.2) is 0 Å². The molecule has 1 aliphatic heterocycles. The lowest BCUT2D eigenvalue weighted by Crippen LogP contribution is -2.46. The van der Waals surface area contributed by atoms with Crippen molar-refractivity contribution in [2.45, 2.75) is 19.9 Å². The van der Waals surface area contributed by atoms with Crippen molar-refractivity contribution in [3.05, 3.63) is 28.8 Å². The number of ether oxygens (including phenoxy) is 1. The summed E-state index contributed by atoms with van der Waals surface area (Å²) in [6.45, 7) is 8.29. The molecular weight excluding hydrogens is 312 g/mol. The average Bonchev–Trinajstić information content (AvgIpc) is 3.16. The lowest BCUT2D eigenvalue weighted by atomic mass is 10.2. The van der Waals surface area contributed by atoms with E-state index in [9.17, 15) is 4.79 Å². The molecule has 1 unspecified atom stereocenters. The number of hydrogen-bond acceptors (Lipinski definition) is 5. The molecule has 1 amide bonds. The van der Waals surface area contributed by atoms with Crippen LogP contribution in [0.25, 0.3) is 10.6 Å². The normalized spacial score (nSPS) is 17.1. The van der Waals surface area contributed by atoms with Gasteiger partial charge < -0.3 is 10.1 Å². The van der Waals surface area contributed by atoms with E-state index in [-0.39, 0.29) is 11.9 Å². The lowest BCUT2D eigenvalue weighted by molar-refractivity contribution is 0.0342. The number of aromatic amines is 1. The van der Waals surface area contributed by atoms with Gasteiger partial charge in [0.05, 0.1) is 23.8 Å². The third kappa shape index (κ3) is 4.19. The molecule has 1 aliphatic rings. The van der Waals surface area contributed by atoms with Crippen molar-refractivity contribution in [3.8, 4) is 10.6 Å². The fourth-order valence-corrected chi connectivity index (χ4v) is 3.49. The van der Waals surface area contributed by atoms with Gasteiger partial charge >= 0.3 is 0 Å². The summed E-state index contributed by atoms with van der Waals surface area (Å²) in [5.41, 5.74) is 1.31. The van der Waals surface area contributed by atoms with Gasteiger partial charge in [-0.2, -0.15) is 5.10 Å². The number of H-pyrrole nitrogens is 1. The fraction of sp³-hybridized carbons (Fsp3) is 0.500. The Balaban J connectivity index is 1.56. The van der Waals surface area contributed by atoms with E-state index in [0.29, 0.717) is 5.69 Å². The lowest BCUT2D eigenvalue weighted by Gasteiger charge is -2.29. The highest BCUT2D eigenvalue weighted by atomic mass is 32.1.